The van der Waals surface area contributed by atoms with Crippen molar-refractivity contribution in [3.8, 4) is 0 Å². The zero-order valence-corrected chi connectivity index (χ0v) is 6.86. The second-order valence-corrected chi connectivity index (χ2v) is 3.11. The number of unbranched alkanes of at least 4 members (excludes halogenated alkanes) is 1. The lowest BCUT2D eigenvalue weighted by molar-refractivity contribution is 0.470. The molecule has 4 heteroatoms. The Hall–Kier alpha value is -0.0900. The first kappa shape index (κ1) is 11.7. The molecule has 0 heterocycles. The smallest absolute Gasteiger partial charge is 0.0916 e. The molecule has 0 aromatic carbocycles. The summed E-state index contributed by atoms with van der Waals surface area (Å²) < 4.78 is 27.2. The highest BCUT2D eigenvalue weighted by molar-refractivity contribution is 7.84. The first-order chi connectivity index (χ1) is 3.91. The van der Waals surface area contributed by atoms with Crippen LogP contribution in [0.4, 0.5) is 0 Å². The quantitative estimate of drug-likeness (QED) is 0.527. The molecule has 0 saturated heterocycles. The molecule has 0 atom stereocenters. The van der Waals surface area contributed by atoms with Crippen molar-refractivity contribution in [1.29, 1.82) is 0 Å². The van der Waals surface area contributed by atoms with Crippen molar-refractivity contribution in [2.75, 3.05) is 6.26 Å². The summed E-state index contributed by atoms with van der Waals surface area (Å²) in [6.07, 6.45) is 3.24. The zero-order chi connectivity index (χ0) is 7.91. The van der Waals surface area contributed by atoms with Crippen molar-refractivity contribution < 1.29 is 13.0 Å². The standard InChI is InChI=1S/C4H10.CH4O3S/c1-3-4-2;1-5(2,3)4/h3-4H2,1-2H3;1H3,(H,2,3,4)/p-1. The molecular formula is C5H13O3S-. The Kier molecular flexibility index (Phi) is 7.83. The third-order valence-corrected chi connectivity index (χ3v) is 0.500. The van der Waals surface area contributed by atoms with Crippen molar-refractivity contribution in [3.05, 3.63) is 0 Å². The molecule has 0 unspecified atom stereocenters. The maximum atomic E-state index is 9.08. The Morgan fingerprint density at radius 3 is 1.33 bits per heavy atom. The van der Waals surface area contributed by atoms with E-state index in [2.05, 4.69) is 13.8 Å². The second-order valence-electron chi connectivity index (χ2n) is 1.70. The molecule has 0 N–H and O–H groups in total. The molecule has 0 aliphatic rings. The predicted octanol–water partition coefficient (Wildman–Crippen LogP) is 0.968. The first-order valence-corrected chi connectivity index (χ1v) is 4.64. The van der Waals surface area contributed by atoms with Crippen LogP contribution in [0.1, 0.15) is 26.7 Å². The Morgan fingerprint density at radius 2 is 1.33 bits per heavy atom. The molecule has 0 aromatic rings. The van der Waals surface area contributed by atoms with Crippen LogP contribution in [-0.2, 0) is 10.1 Å². The van der Waals surface area contributed by atoms with Crippen molar-refractivity contribution in [1.82, 2.24) is 0 Å². The molecule has 0 bridgehead atoms. The third kappa shape index (κ3) is 334. The molecule has 0 saturated carbocycles. The fourth-order valence-electron chi connectivity index (χ4n) is 0. The van der Waals surface area contributed by atoms with Crippen LogP contribution in [0.3, 0.4) is 0 Å². The lowest BCUT2D eigenvalue weighted by Gasteiger charge is -1.90. The highest BCUT2D eigenvalue weighted by Crippen LogP contribution is 1.76. The lowest BCUT2D eigenvalue weighted by atomic mass is 10.4. The van der Waals surface area contributed by atoms with Crippen LogP contribution in [0.15, 0.2) is 0 Å². The molecule has 0 aliphatic heterocycles. The fraction of sp³-hybridized carbons (Fsp3) is 1.00. The van der Waals surface area contributed by atoms with Gasteiger partial charge < -0.3 is 4.55 Å². The normalized spacial score (nSPS) is 9.78. The monoisotopic (exact) mass is 153 g/mol. The predicted molar refractivity (Wildman–Crippen MR) is 36.2 cm³/mol. The molecular weight excluding hydrogens is 140 g/mol. The maximum absolute atomic E-state index is 9.08. The lowest BCUT2D eigenvalue weighted by Crippen LogP contribution is -1.88. The molecule has 0 aromatic heterocycles. The van der Waals surface area contributed by atoms with Crippen molar-refractivity contribution in [3.63, 3.8) is 0 Å². The third-order valence-electron chi connectivity index (χ3n) is 0.500. The van der Waals surface area contributed by atoms with E-state index in [9.17, 15) is 0 Å². The average molecular weight is 153 g/mol. The SMILES string of the molecule is CCCC.CS(=O)(=O)[O-]. The van der Waals surface area contributed by atoms with Crippen LogP contribution in [0, 0.1) is 0 Å². The molecule has 0 aliphatic carbocycles. The second kappa shape index (κ2) is 6.04. The Labute approximate surface area is 56.8 Å². The zero-order valence-electron chi connectivity index (χ0n) is 6.05. The van der Waals surface area contributed by atoms with Gasteiger partial charge in [-0.15, -0.1) is 0 Å². The molecule has 3 nitrogen and oxygen atoms in total. The van der Waals surface area contributed by atoms with E-state index in [1.54, 1.807) is 0 Å². The van der Waals surface area contributed by atoms with E-state index < -0.39 is 10.1 Å². The molecule has 0 radical (unpaired) electrons. The van der Waals surface area contributed by atoms with Gasteiger partial charge in [0.1, 0.15) is 0 Å². The number of hydrogen-bond acceptors (Lipinski definition) is 3. The summed E-state index contributed by atoms with van der Waals surface area (Å²) in [6.45, 7) is 4.36. The van der Waals surface area contributed by atoms with Gasteiger partial charge in [-0.05, 0) is 0 Å². The highest BCUT2D eigenvalue weighted by Gasteiger charge is 1.65. The first-order valence-electron chi connectivity index (χ1n) is 2.82. The Bertz CT molecular complexity index is 115. The maximum Gasteiger partial charge on any atom is 0.0916 e. The van der Waals surface area contributed by atoms with E-state index in [0.717, 1.165) is 0 Å². The summed E-state index contributed by atoms with van der Waals surface area (Å²) >= 11 is 0. The number of rotatable bonds is 1. The summed E-state index contributed by atoms with van der Waals surface area (Å²) in [7, 11) is -3.92. The summed E-state index contributed by atoms with van der Waals surface area (Å²) in [5, 5.41) is 0. The minimum atomic E-state index is -3.92. The van der Waals surface area contributed by atoms with Crippen LogP contribution in [0.2, 0.25) is 0 Å². The van der Waals surface area contributed by atoms with E-state index in [4.69, 9.17) is 13.0 Å². The van der Waals surface area contributed by atoms with Gasteiger partial charge in [-0.2, -0.15) is 0 Å². The van der Waals surface area contributed by atoms with E-state index in [-0.39, 0.29) is 0 Å². The van der Waals surface area contributed by atoms with Gasteiger partial charge >= 0.3 is 0 Å². The average Bonchev–Trinajstić information content (AvgIpc) is 1.61. The summed E-state index contributed by atoms with van der Waals surface area (Å²) in [6, 6.07) is 0. The van der Waals surface area contributed by atoms with Crippen molar-refractivity contribution >= 4 is 10.1 Å². The Morgan fingerprint density at radius 1 is 1.22 bits per heavy atom. The van der Waals surface area contributed by atoms with Crippen LogP contribution in [-0.4, -0.2) is 19.2 Å². The van der Waals surface area contributed by atoms with Crippen molar-refractivity contribution in [2.24, 2.45) is 0 Å². The molecule has 0 spiro atoms. The number of hydrogen-bond donors (Lipinski definition) is 0. The molecule has 0 fully saturated rings. The van der Waals surface area contributed by atoms with Gasteiger partial charge in [-0.3, -0.25) is 0 Å². The van der Waals surface area contributed by atoms with E-state index in [1.165, 1.54) is 12.8 Å². The Balaban J connectivity index is 0. The van der Waals surface area contributed by atoms with E-state index >= 15 is 0 Å². The van der Waals surface area contributed by atoms with Gasteiger partial charge in [0.2, 0.25) is 0 Å². The molecule has 0 amide bonds. The highest BCUT2D eigenvalue weighted by atomic mass is 32.2. The fourth-order valence-corrected chi connectivity index (χ4v) is 0. The summed E-state index contributed by atoms with van der Waals surface area (Å²) in [5.74, 6) is 0. The van der Waals surface area contributed by atoms with Gasteiger partial charge in [-0.1, -0.05) is 26.7 Å². The molecule has 0 rings (SSSR count). The van der Waals surface area contributed by atoms with E-state index in [1.807, 2.05) is 0 Å². The summed E-state index contributed by atoms with van der Waals surface area (Å²) in [5.41, 5.74) is 0. The van der Waals surface area contributed by atoms with Crippen LogP contribution in [0.25, 0.3) is 0 Å². The van der Waals surface area contributed by atoms with Gasteiger partial charge in [0.15, 0.2) is 0 Å². The summed E-state index contributed by atoms with van der Waals surface area (Å²) in [4.78, 5) is 0. The van der Waals surface area contributed by atoms with Crippen LogP contribution < -0.4 is 0 Å². The van der Waals surface area contributed by atoms with Crippen molar-refractivity contribution in [2.45, 2.75) is 26.7 Å². The minimum Gasteiger partial charge on any atom is -0.748 e. The topological polar surface area (TPSA) is 57.2 Å². The molecule has 9 heavy (non-hydrogen) atoms. The van der Waals surface area contributed by atoms with Gasteiger partial charge in [0.25, 0.3) is 0 Å². The van der Waals surface area contributed by atoms with E-state index in [0.29, 0.717) is 6.26 Å². The van der Waals surface area contributed by atoms with Gasteiger partial charge in [0.05, 0.1) is 10.1 Å². The largest absolute Gasteiger partial charge is 0.748 e. The van der Waals surface area contributed by atoms with Gasteiger partial charge in [0, 0.05) is 6.26 Å². The van der Waals surface area contributed by atoms with Crippen LogP contribution in [0.5, 0.6) is 0 Å². The van der Waals surface area contributed by atoms with Crippen LogP contribution >= 0.6 is 0 Å². The molecule has 58 valence electrons. The minimum absolute atomic E-state index is 0.604. The van der Waals surface area contributed by atoms with Gasteiger partial charge in [-0.25, -0.2) is 8.42 Å².